The van der Waals surface area contributed by atoms with Crippen molar-refractivity contribution in [3.8, 4) is 18.1 Å². The number of anilines is 1. The van der Waals surface area contributed by atoms with Crippen LogP contribution in [0, 0.1) is 12.3 Å². The first-order chi connectivity index (χ1) is 7.13. The van der Waals surface area contributed by atoms with Gasteiger partial charge in [0.05, 0.1) is 5.69 Å². The third-order valence-electron chi connectivity index (χ3n) is 1.74. The van der Waals surface area contributed by atoms with Gasteiger partial charge in [-0.1, -0.05) is 18.1 Å². The molecule has 0 fully saturated rings. The molecule has 0 saturated carbocycles. The van der Waals surface area contributed by atoms with Crippen LogP contribution < -0.4 is 10.1 Å². The lowest BCUT2D eigenvalue weighted by atomic mass is 10.3. The highest BCUT2D eigenvalue weighted by Gasteiger charge is 2.06. The molecule has 0 spiro atoms. The lowest BCUT2D eigenvalue weighted by Gasteiger charge is -2.13. The molecular weight excluding hydrogens is 190 g/mol. The quantitative estimate of drug-likeness (QED) is 0.763. The fraction of sp³-hybridized carbons (Fsp3) is 0.250. The monoisotopic (exact) mass is 203 g/mol. The van der Waals surface area contributed by atoms with Gasteiger partial charge in [-0.15, -0.1) is 6.42 Å². The number of hydrogen-bond acceptors (Lipinski definition) is 2. The molecule has 3 nitrogen and oxygen atoms in total. The molecule has 1 rings (SSSR count). The van der Waals surface area contributed by atoms with Gasteiger partial charge < -0.3 is 10.1 Å². The summed E-state index contributed by atoms with van der Waals surface area (Å²) >= 11 is 0. The van der Waals surface area contributed by atoms with Gasteiger partial charge in [0, 0.05) is 6.92 Å². The Labute approximate surface area is 89.4 Å². The predicted octanol–water partition coefficient (Wildman–Crippen LogP) is 2.05. The number of nitrogens with one attached hydrogen (secondary N) is 1. The summed E-state index contributed by atoms with van der Waals surface area (Å²) < 4.78 is 5.44. The first kappa shape index (κ1) is 11.1. The molecule has 0 aromatic heterocycles. The maximum Gasteiger partial charge on any atom is 0.221 e. The van der Waals surface area contributed by atoms with Crippen molar-refractivity contribution < 1.29 is 9.53 Å². The molecule has 0 radical (unpaired) electrons. The van der Waals surface area contributed by atoms with Crippen LogP contribution in [0.5, 0.6) is 5.75 Å². The maximum absolute atomic E-state index is 10.9. The van der Waals surface area contributed by atoms with Crippen LogP contribution in [0.15, 0.2) is 24.3 Å². The minimum atomic E-state index is -0.320. The van der Waals surface area contributed by atoms with Crippen LogP contribution in [0.4, 0.5) is 5.69 Å². The Balaban J connectivity index is 2.87. The minimum Gasteiger partial charge on any atom is -0.476 e. The summed E-state index contributed by atoms with van der Waals surface area (Å²) in [4.78, 5) is 10.9. The summed E-state index contributed by atoms with van der Waals surface area (Å²) in [7, 11) is 0. The van der Waals surface area contributed by atoms with Crippen LogP contribution in [0.3, 0.4) is 0 Å². The predicted molar refractivity (Wildman–Crippen MR) is 59.7 cm³/mol. The van der Waals surface area contributed by atoms with Crippen molar-refractivity contribution in [3.05, 3.63) is 24.3 Å². The molecule has 0 aliphatic rings. The van der Waals surface area contributed by atoms with Crippen LogP contribution in [0.2, 0.25) is 0 Å². The largest absolute Gasteiger partial charge is 0.476 e. The van der Waals surface area contributed by atoms with E-state index < -0.39 is 0 Å². The van der Waals surface area contributed by atoms with Gasteiger partial charge in [0.15, 0.2) is 6.10 Å². The number of ether oxygens (including phenoxy) is 1. The smallest absolute Gasteiger partial charge is 0.221 e. The highest BCUT2D eigenvalue weighted by Crippen LogP contribution is 2.24. The van der Waals surface area contributed by atoms with Crippen molar-refractivity contribution in [2.45, 2.75) is 20.0 Å². The van der Waals surface area contributed by atoms with Gasteiger partial charge in [0.1, 0.15) is 5.75 Å². The van der Waals surface area contributed by atoms with Gasteiger partial charge in [0.25, 0.3) is 0 Å². The molecule has 0 heterocycles. The standard InChI is InChI=1S/C12H13NO2/c1-4-9(2)15-12-8-6-5-7-11(12)13-10(3)14/h1,5-9H,2-3H3,(H,13,14). The van der Waals surface area contributed by atoms with E-state index in [1.54, 1.807) is 19.1 Å². The van der Waals surface area contributed by atoms with Gasteiger partial charge in [-0.2, -0.15) is 0 Å². The Bertz CT molecular complexity index is 393. The Morgan fingerprint density at radius 2 is 2.20 bits per heavy atom. The number of carbonyl (C=O) groups excluding carboxylic acids is 1. The van der Waals surface area contributed by atoms with Crippen LogP contribution in [-0.4, -0.2) is 12.0 Å². The number of amides is 1. The average Bonchev–Trinajstić information content (AvgIpc) is 2.20. The van der Waals surface area contributed by atoms with E-state index in [-0.39, 0.29) is 12.0 Å². The average molecular weight is 203 g/mol. The number of carbonyl (C=O) groups is 1. The highest BCUT2D eigenvalue weighted by molar-refractivity contribution is 5.90. The molecule has 15 heavy (non-hydrogen) atoms. The maximum atomic E-state index is 10.9. The Hall–Kier alpha value is -1.95. The zero-order valence-electron chi connectivity index (χ0n) is 8.78. The van der Waals surface area contributed by atoms with Crippen LogP contribution >= 0.6 is 0 Å². The summed E-state index contributed by atoms with van der Waals surface area (Å²) in [5.41, 5.74) is 0.632. The topological polar surface area (TPSA) is 38.3 Å². The van der Waals surface area contributed by atoms with Gasteiger partial charge in [-0.3, -0.25) is 4.79 Å². The number of terminal acetylenes is 1. The molecular formula is C12H13NO2. The lowest BCUT2D eigenvalue weighted by molar-refractivity contribution is -0.114. The lowest BCUT2D eigenvalue weighted by Crippen LogP contribution is -2.12. The molecule has 1 N–H and O–H groups in total. The number of rotatable bonds is 3. The Morgan fingerprint density at radius 3 is 2.80 bits per heavy atom. The minimum absolute atomic E-state index is 0.139. The van der Waals surface area contributed by atoms with Crippen molar-refractivity contribution in [2.75, 3.05) is 5.32 Å². The van der Waals surface area contributed by atoms with Gasteiger partial charge in [-0.25, -0.2) is 0 Å². The summed E-state index contributed by atoms with van der Waals surface area (Å²) in [6.07, 6.45) is 4.89. The highest BCUT2D eigenvalue weighted by atomic mass is 16.5. The van der Waals surface area contributed by atoms with Crippen LogP contribution in [-0.2, 0) is 4.79 Å². The van der Waals surface area contributed by atoms with Crippen molar-refractivity contribution in [2.24, 2.45) is 0 Å². The van der Waals surface area contributed by atoms with E-state index in [0.29, 0.717) is 11.4 Å². The molecule has 1 aromatic rings. The Kier molecular flexibility index (Phi) is 3.75. The molecule has 1 amide bonds. The van der Waals surface area contributed by atoms with Gasteiger partial charge in [0.2, 0.25) is 5.91 Å². The van der Waals surface area contributed by atoms with E-state index in [1.165, 1.54) is 6.92 Å². The van der Waals surface area contributed by atoms with Crippen molar-refractivity contribution in [3.63, 3.8) is 0 Å². The summed E-state index contributed by atoms with van der Waals surface area (Å²) in [6.45, 7) is 3.21. The molecule has 1 aromatic carbocycles. The van der Waals surface area contributed by atoms with E-state index in [2.05, 4.69) is 11.2 Å². The van der Waals surface area contributed by atoms with Crippen LogP contribution in [0.1, 0.15) is 13.8 Å². The number of para-hydroxylation sites is 2. The first-order valence-corrected chi connectivity index (χ1v) is 4.63. The summed E-state index contributed by atoms with van der Waals surface area (Å²) in [5.74, 6) is 2.90. The molecule has 1 atom stereocenters. The van der Waals surface area contributed by atoms with Gasteiger partial charge >= 0.3 is 0 Å². The Morgan fingerprint density at radius 1 is 1.53 bits per heavy atom. The molecule has 0 aliphatic heterocycles. The fourth-order valence-electron chi connectivity index (χ4n) is 1.09. The molecule has 0 bridgehead atoms. The second kappa shape index (κ2) is 5.06. The van der Waals surface area contributed by atoms with Crippen molar-refractivity contribution in [1.82, 2.24) is 0 Å². The zero-order valence-corrected chi connectivity index (χ0v) is 8.78. The first-order valence-electron chi connectivity index (χ1n) is 4.63. The molecule has 3 heteroatoms. The van der Waals surface area contributed by atoms with Crippen molar-refractivity contribution in [1.29, 1.82) is 0 Å². The van der Waals surface area contributed by atoms with E-state index in [1.807, 2.05) is 12.1 Å². The molecule has 0 saturated heterocycles. The van der Waals surface area contributed by atoms with E-state index >= 15 is 0 Å². The number of hydrogen-bond donors (Lipinski definition) is 1. The van der Waals surface area contributed by atoms with Crippen LogP contribution in [0.25, 0.3) is 0 Å². The number of benzene rings is 1. The summed E-state index contributed by atoms with van der Waals surface area (Å²) in [5, 5.41) is 2.67. The SMILES string of the molecule is C#CC(C)Oc1ccccc1NC(C)=O. The third-order valence-corrected chi connectivity index (χ3v) is 1.74. The van der Waals surface area contributed by atoms with E-state index in [9.17, 15) is 4.79 Å². The van der Waals surface area contributed by atoms with E-state index in [4.69, 9.17) is 11.2 Å². The van der Waals surface area contributed by atoms with Crippen molar-refractivity contribution >= 4 is 11.6 Å². The summed E-state index contributed by atoms with van der Waals surface area (Å²) in [6, 6.07) is 7.17. The van der Waals surface area contributed by atoms with Gasteiger partial charge in [-0.05, 0) is 19.1 Å². The molecule has 0 aliphatic carbocycles. The molecule has 78 valence electrons. The molecule has 1 unspecified atom stereocenters. The van der Waals surface area contributed by atoms with E-state index in [0.717, 1.165) is 0 Å². The second-order valence-electron chi connectivity index (χ2n) is 3.10. The second-order valence-corrected chi connectivity index (χ2v) is 3.10. The zero-order chi connectivity index (χ0) is 11.3. The normalized spacial score (nSPS) is 11.3. The third kappa shape index (κ3) is 3.35. The fourth-order valence-corrected chi connectivity index (χ4v) is 1.09.